The molecule has 1 unspecified atom stereocenters. The first-order chi connectivity index (χ1) is 8.04. The molecule has 0 aromatic heterocycles. The molecule has 106 valence electrons. The SMILES string of the molecule is CC(C)OC(=O)CC(C(=O)OC(C)C)S(=O)(=O)O.[Na+]. The molecular weight excluding hydrogens is 287 g/mol. The number of hydrogen-bond donors (Lipinski definition) is 1. The van der Waals surface area contributed by atoms with Crippen LogP contribution in [0.25, 0.3) is 0 Å². The van der Waals surface area contributed by atoms with Crippen molar-refractivity contribution in [1.29, 1.82) is 0 Å². The van der Waals surface area contributed by atoms with Crippen molar-refractivity contribution in [2.75, 3.05) is 0 Å². The van der Waals surface area contributed by atoms with E-state index in [4.69, 9.17) is 9.29 Å². The number of ether oxygens (including phenoxy) is 2. The maximum atomic E-state index is 11.5. The molecule has 7 nitrogen and oxygen atoms in total. The average Bonchev–Trinajstić information content (AvgIpc) is 2.09. The van der Waals surface area contributed by atoms with Gasteiger partial charge in [-0.25, -0.2) is 0 Å². The first-order valence-corrected chi connectivity index (χ1v) is 6.90. The van der Waals surface area contributed by atoms with Crippen LogP contribution in [0.15, 0.2) is 0 Å². The summed E-state index contributed by atoms with van der Waals surface area (Å²) in [5.41, 5.74) is 0. The van der Waals surface area contributed by atoms with E-state index in [1.165, 1.54) is 13.8 Å². The van der Waals surface area contributed by atoms with Crippen LogP contribution < -0.4 is 29.6 Å². The fraction of sp³-hybridized carbons (Fsp3) is 0.800. The third-order valence-electron chi connectivity index (χ3n) is 1.69. The maximum Gasteiger partial charge on any atom is 1.00 e. The molecule has 0 amide bonds. The summed E-state index contributed by atoms with van der Waals surface area (Å²) in [5.74, 6) is -2.07. The van der Waals surface area contributed by atoms with E-state index >= 15 is 0 Å². The van der Waals surface area contributed by atoms with Crippen LogP contribution in [0, 0.1) is 0 Å². The van der Waals surface area contributed by atoms with Crippen molar-refractivity contribution >= 4 is 22.1 Å². The third kappa shape index (κ3) is 9.39. The normalized spacial score (nSPS) is 12.8. The fourth-order valence-electron chi connectivity index (χ4n) is 1.08. The van der Waals surface area contributed by atoms with Gasteiger partial charge >= 0.3 is 41.5 Å². The van der Waals surface area contributed by atoms with Gasteiger partial charge in [-0.2, -0.15) is 8.42 Å². The van der Waals surface area contributed by atoms with Crippen LogP contribution in [0.2, 0.25) is 0 Å². The Morgan fingerprint density at radius 2 is 1.47 bits per heavy atom. The molecule has 0 rings (SSSR count). The molecule has 0 saturated carbocycles. The smallest absolute Gasteiger partial charge is 0.463 e. The Hall–Kier alpha value is -0.150. The standard InChI is InChI=1S/C10H18O7S.Na/c1-6(2)16-9(11)5-8(18(13,14)15)10(12)17-7(3)4;/h6-8H,5H2,1-4H3,(H,13,14,15);/q;+1. The molecule has 0 aromatic rings. The van der Waals surface area contributed by atoms with Gasteiger partial charge < -0.3 is 9.47 Å². The summed E-state index contributed by atoms with van der Waals surface area (Å²) in [6, 6.07) is 0. The molecule has 0 bridgehead atoms. The Balaban J connectivity index is 0. The van der Waals surface area contributed by atoms with Crippen molar-refractivity contribution in [3.8, 4) is 0 Å². The number of carbonyl (C=O) groups excluding carboxylic acids is 2. The Labute approximate surface area is 135 Å². The molecule has 1 N–H and O–H groups in total. The molecule has 1 atom stereocenters. The second kappa shape index (κ2) is 8.91. The number of hydrogen-bond acceptors (Lipinski definition) is 6. The molecule has 0 aliphatic heterocycles. The molecule has 0 spiro atoms. The summed E-state index contributed by atoms with van der Waals surface area (Å²) in [7, 11) is -4.72. The third-order valence-corrected chi connectivity index (χ3v) is 2.77. The molecule has 0 aromatic carbocycles. The number of rotatable bonds is 6. The minimum atomic E-state index is -4.72. The second-order valence-corrected chi connectivity index (χ2v) is 5.83. The van der Waals surface area contributed by atoms with Crippen LogP contribution in [0.1, 0.15) is 34.1 Å². The van der Waals surface area contributed by atoms with E-state index in [1.807, 2.05) is 0 Å². The molecule has 0 radical (unpaired) electrons. The van der Waals surface area contributed by atoms with E-state index in [1.54, 1.807) is 13.8 Å². The van der Waals surface area contributed by atoms with Crippen LogP contribution in [0.5, 0.6) is 0 Å². The van der Waals surface area contributed by atoms with Gasteiger partial charge in [-0.3, -0.25) is 14.1 Å². The average molecular weight is 305 g/mol. The molecule has 0 saturated heterocycles. The summed E-state index contributed by atoms with van der Waals surface area (Å²) in [6.07, 6.45) is -1.77. The van der Waals surface area contributed by atoms with Crippen LogP contribution in [-0.4, -0.2) is 42.4 Å². The van der Waals surface area contributed by atoms with Gasteiger partial charge in [0.25, 0.3) is 10.1 Å². The van der Waals surface area contributed by atoms with Gasteiger partial charge in [0.2, 0.25) is 0 Å². The van der Waals surface area contributed by atoms with Gasteiger partial charge in [0.15, 0.2) is 5.25 Å². The van der Waals surface area contributed by atoms with E-state index in [2.05, 4.69) is 4.74 Å². The summed E-state index contributed by atoms with van der Waals surface area (Å²) < 4.78 is 40.3. The van der Waals surface area contributed by atoms with E-state index in [9.17, 15) is 18.0 Å². The Kier molecular flexibility index (Phi) is 9.92. The monoisotopic (exact) mass is 305 g/mol. The number of carbonyl (C=O) groups is 2. The maximum absolute atomic E-state index is 11.5. The zero-order valence-corrected chi connectivity index (χ0v) is 14.6. The van der Waals surface area contributed by atoms with Crippen molar-refractivity contribution in [3.05, 3.63) is 0 Å². The van der Waals surface area contributed by atoms with E-state index in [0.29, 0.717) is 0 Å². The Bertz CT molecular complexity index is 402. The minimum Gasteiger partial charge on any atom is -0.463 e. The molecule has 19 heavy (non-hydrogen) atoms. The van der Waals surface area contributed by atoms with Crippen LogP contribution in [-0.2, 0) is 29.2 Å². The van der Waals surface area contributed by atoms with Crippen LogP contribution in [0.3, 0.4) is 0 Å². The molecule has 0 aliphatic carbocycles. The van der Waals surface area contributed by atoms with Crippen molar-refractivity contribution in [3.63, 3.8) is 0 Å². The second-order valence-electron chi connectivity index (χ2n) is 4.23. The minimum absolute atomic E-state index is 0. The zero-order chi connectivity index (χ0) is 14.5. The van der Waals surface area contributed by atoms with Crippen LogP contribution >= 0.6 is 0 Å². The topological polar surface area (TPSA) is 107 Å². The summed E-state index contributed by atoms with van der Waals surface area (Å²) in [5, 5.41) is -1.95. The first kappa shape index (κ1) is 21.2. The zero-order valence-electron chi connectivity index (χ0n) is 11.7. The molecule has 0 fully saturated rings. The predicted molar refractivity (Wildman–Crippen MR) is 62.4 cm³/mol. The van der Waals surface area contributed by atoms with Gasteiger partial charge in [-0.05, 0) is 27.7 Å². The van der Waals surface area contributed by atoms with Crippen molar-refractivity contribution in [1.82, 2.24) is 0 Å². The van der Waals surface area contributed by atoms with E-state index < -0.39 is 45.9 Å². The predicted octanol–water partition coefficient (Wildman–Crippen LogP) is -2.46. The van der Waals surface area contributed by atoms with Crippen molar-refractivity contribution in [2.24, 2.45) is 0 Å². The fourth-order valence-corrected chi connectivity index (χ4v) is 1.73. The molecular formula is C10H18NaO7S+. The number of esters is 2. The van der Waals surface area contributed by atoms with Crippen molar-refractivity contribution in [2.45, 2.75) is 51.6 Å². The summed E-state index contributed by atoms with van der Waals surface area (Å²) in [4.78, 5) is 22.7. The van der Waals surface area contributed by atoms with E-state index in [0.717, 1.165) is 0 Å². The summed E-state index contributed by atoms with van der Waals surface area (Å²) >= 11 is 0. The van der Waals surface area contributed by atoms with Gasteiger partial charge in [0.1, 0.15) is 0 Å². The van der Waals surface area contributed by atoms with E-state index in [-0.39, 0.29) is 29.6 Å². The largest absolute Gasteiger partial charge is 1.00 e. The van der Waals surface area contributed by atoms with Gasteiger partial charge in [0, 0.05) is 0 Å². The summed E-state index contributed by atoms with van der Waals surface area (Å²) in [6.45, 7) is 6.19. The van der Waals surface area contributed by atoms with Crippen LogP contribution in [0.4, 0.5) is 0 Å². The Morgan fingerprint density at radius 3 is 1.79 bits per heavy atom. The van der Waals surface area contributed by atoms with Gasteiger partial charge in [-0.1, -0.05) is 0 Å². The first-order valence-electron chi connectivity index (χ1n) is 5.40. The van der Waals surface area contributed by atoms with Gasteiger partial charge in [0.05, 0.1) is 18.6 Å². The molecule has 0 heterocycles. The molecule has 9 heteroatoms. The quantitative estimate of drug-likeness (QED) is 0.329. The van der Waals surface area contributed by atoms with Crippen molar-refractivity contribution < 1.29 is 61.6 Å². The van der Waals surface area contributed by atoms with Gasteiger partial charge in [-0.15, -0.1) is 0 Å². The Morgan fingerprint density at radius 1 is 1.05 bits per heavy atom. The molecule has 0 aliphatic rings.